The monoisotopic (exact) mass is 434 g/mol. The third kappa shape index (κ3) is 4.82. The minimum atomic E-state index is 0.561. The number of aromatic nitrogens is 2. The lowest BCUT2D eigenvalue weighted by Crippen LogP contribution is -2.38. The highest BCUT2D eigenvalue weighted by Gasteiger charge is 2.24. The van der Waals surface area contributed by atoms with Crippen molar-refractivity contribution in [3.05, 3.63) is 59.9 Å². The zero-order valence-electron chi connectivity index (χ0n) is 19.1. The zero-order valence-corrected chi connectivity index (χ0v) is 19.1. The molecule has 6 nitrogen and oxygen atoms in total. The number of likely N-dealkylation sites (tertiary alicyclic amines) is 1. The number of aryl methyl sites for hydroxylation is 1. The maximum atomic E-state index is 6.26. The number of ether oxygens (including phenoxy) is 2. The van der Waals surface area contributed by atoms with Gasteiger partial charge in [-0.3, -0.25) is 9.80 Å². The first-order chi connectivity index (χ1) is 15.8. The minimum Gasteiger partial charge on any atom is -0.492 e. The largest absolute Gasteiger partial charge is 0.492 e. The van der Waals surface area contributed by atoms with Gasteiger partial charge < -0.3 is 14.0 Å². The van der Waals surface area contributed by atoms with Crippen molar-refractivity contribution < 1.29 is 9.47 Å². The van der Waals surface area contributed by atoms with Crippen LogP contribution in [-0.2, 0) is 18.3 Å². The Labute approximate surface area is 190 Å². The van der Waals surface area contributed by atoms with Crippen LogP contribution >= 0.6 is 0 Å². The molecule has 2 saturated heterocycles. The van der Waals surface area contributed by atoms with Gasteiger partial charge in [0.1, 0.15) is 18.2 Å². The molecule has 2 fully saturated rings. The average molecular weight is 435 g/mol. The lowest BCUT2D eigenvalue weighted by atomic mass is 9.89. The van der Waals surface area contributed by atoms with Gasteiger partial charge in [-0.05, 0) is 55.6 Å². The van der Waals surface area contributed by atoms with Crippen LogP contribution in [0.5, 0.6) is 5.75 Å². The highest BCUT2D eigenvalue weighted by atomic mass is 16.5. The number of benzene rings is 2. The predicted octanol–water partition coefficient (Wildman–Crippen LogP) is 3.66. The average Bonchev–Trinajstić information content (AvgIpc) is 3.16. The van der Waals surface area contributed by atoms with Crippen LogP contribution in [0.2, 0.25) is 0 Å². The van der Waals surface area contributed by atoms with Crippen molar-refractivity contribution in [1.82, 2.24) is 19.4 Å². The number of hydrogen-bond donors (Lipinski definition) is 0. The number of fused-ring (bicyclic) bond motifs is 1. The molecule has 2 aliphatic heterocycles. The summed E-state index contributed by atoms with van der Waals surface area (Å²) in [7, 11) is 2.13. The van der Waals surface area contributed by atoms with E-state index in [-0.39, 0.29) is 0 Å². The van der Waals surface area contributed by atoms with Gasteiger partial charge in [0.15, 0.2) is 0 Å². The van der Waals surface area contributed by atoms with Crippen LogP contribution in [0, 0.1) is 0 Å². The second kappa shape index (κ2) is 10.0. The van der Waals surface area contributed by atoms with E-state index in [1.54, 1.807) is 0 Å². The van der Waals surface area contributed by atoms with Crippen LogP contribution in [0.1, 0.15) is 30.1 Å². The molecule has 170 valence electrons. The molecule has 0 bridgehead atoms. The molecule has 2 aliphatic rings. The molecule has 32 heavy (non-hydrogen) atoms. The van der Waals surface area contributed by atoms with E-state index in [1.807, 2.05) is 0 Å². The normalized spacial score (nSPS) is 18.9. The summed E-state index contributed by atoms with van der Waals surface area (Å²) < 4.78 is 13.9. The van der Waals surface area contributed by atoms with Gasteiger partial charge in [-0.2, -0.15) is 0 Å². The van der Waals surface area contributed by atoms with Crippen molar-refractivity contribution in [3.63, 3.8) is 0 Å². The van der Waals surface area contributed by atoms with E-state index < -0.39 is 0 Å². The number of piperidine rings is 1. The summed E-state index contributed by atoms with van der Waals surface area (Å²) in [5, 5.41) is 0. The number of rotatable bonds is 7. The molecule has 0 atom stereocenters. The van der Waals surface area contributed by atoms with Crippen LogP contribution < -0.4 is 4.74 Å². The van der Waals surface area contributed by atoms with Crippen LogP contribution in [0.3, 0.4) is 0 Å². The first-order valence-corrected chi connectivity index (χ1v) is 11.9. The third-order valence-corrected chi connectivity index (χ3v) is 6.96. The molecule has 0 saturated carbocycles. The van der Waals surface area contributed by atoms with Gasteiger partial charge in [0.25, 0.3) is 0 Å². The maximum Gasteiger partial charge on any atom is 0.123 e. The summed E-state index contributed by atoms with van der Waals surface area (Å²) in [6.45, 7) is 8.50. The first-order valence-electron chi connectivity index (χ1n) is 11.9. The standard InChI is InChI=1S/C26H34N4O2/c1-28-24-8-4-3-7-23(24)27-26(28)20-30-12-10-21(11-13-30)22-6-2-5-9-25(22)32-19-16-29-14-17-31-18-15-29/h2-9,21H,10-20H2,1H3. The predicted molar refractivity (Wildman–Crippen MR) is 127 cm³/mol. The van der Waals surface area contributed by atoms with E-state index in [9.17, 15) is 0 Å². The van der Waals surface area contributed by atoms with Gasteiger partial charge in [-0.15, -0.1) is 0 Å². The topological polar surface area (TPSA) is 42.8 Å². The lowest BCUT2D eigenvalue weighted by molar-refractivity contribution is 0.0321. The molecule has 1 aromatic heterocycles. The van der Waals surface area contributed by atoms with Gasteiger partial charge in [-0.25, -0.2) is 4.98 Å². The molecule has 0 unspecified atom stereocenters. The molecule has 0 aliphatic carbocycles. The first kappa shape index (κ1) is 21.4. The molecule has 0 spiro atoms. The summed E-state index contributed by atoms with van der Waals surface area (Å²) >= 11 is 0. The Balaban J connectivity index is 1.16. The Morgan fingerprint density at radius 2 is 1.69 bits per heavy atom. The molecular formula is C26H34N4O2. The summed E-state index contributed by atoms with van der Waals surface area (Å²) in [6, 6.07) is 17.0. The quantitative estimate of drug-likeness (QED) is 0.568. The van der Waals surface area contributed by atoms with Gasteiger partial charge in [0.2, 0.25) is 0 Å². The van der Waals surface area contributed by atoms with E-state index in [4.69, 9.17) is 14.5 Å². The smallest absolute Gasteiger partial charge is 0.123 e. The Bertz CT molecular complexity index is 1020. The Morgan fingerprint density at radius 1 is 0.938 bits per heavy atom. The molecule has 0 N–H and O–H groups in total. The highest BCUT2D eigenvalue weighted by molar-refractivity contribution is 5.75. The van der Waals surface area contributed by atoms with Crippen LogP contribution in [0.25, 0.3) is 11.0 Å². The highest BCUT2D eigenvalue weighted by Crippen LogP contribution is 2.34. The van der Waals surface area contributed by atoms with Crippen molar-refractivity contribution in [3.8, 4) is 5.75 Å². The summed E-state index contributed by atoms with van der Waals surface area (Å²) in [5.74, 6) is 2.78. The third-order valence-electron chi connectivity index (χ3n) is 6.96. The SMILES string of the molecule is Cn1c(CN2CCC(c3ccccc3OCCN3CCOCC3)CC2)nc2ccccc21. The zero-order chi connectivity index (χ0) is 21.8. The Hall–Kier alpha value is -2.41. The fraction of sp³-hybridized carbons (Fsp3) is 0.500. The number of para-hydroxylation sites is 3. The second-order valence-corrected chi connectivity index (χ2v) is 8.97. The van der Waals surface area contributed by atoms with Gasteiger partial charge in [-0.1, -0.05) is 30.3 Å². The van der Waals surface area contributed by atoms with Crippen LogP contribution in [0.4, 0.5) is 0 Å². The molecule has 2 aromatic carbocycles. The van der Waals surface area contributed by atoms with Gasteiger partial charge in [0, 0.05) is 26.7 Å². The number of hydrogen-bond acceptors (Lipinski definition) is 5. The number of morpholine rings is 1. The molecule has 0 radical (unpaired) electrons. The number of nitrogens with zero attached hydrogens (tertiary/aromatic N) is 4. The van der Waals surface area contributed by atoms with E-state index in [0.717, 1.165) is 89.0 Å². The molecule has 3 heterocycles. The van der Waals surface area contributed by atoms with Crippen molar-refractivity contribution >= 4 is 11.0 Å². The molecule has 3 aromatic rings. The summed E-state index contributed by atoms with van der Waals surface area (Å²) in [5.41, 5.74) is 3.67. The lowest BCUT2D eigenvalue weighted by Gasteiger charge is -2.32. The Kier molecular flexibility index (Phi) is 6.72. The summed E-state index contributed by atoms with van der Waals surface area (Å²) in [6.07, 6.45) is 2.32. The van der Waals surface area contributed by atoms with Crippen molar-refractivity contribution in [2.45, 2.75) is 25.3 Å². The number of imidazole rings is 1. The van der Waals surface area contributed by atoms with Crippen LogP contribution in [-0.4, -0.2) is 71.9 Å². The van der Waals surface area contributed by atoms with Crippen molar-refractivity contribution in [2.75, 3.05) is 52.5 Å². The minimum absolute atomic E-state index is 0.561. The van der Waals surface area contributed by atoms with Gasteiger partial charge in [0.05, 0.1) is 30.8 Å². The van der Waals surface area contributed by atoms with E-state index >= 15 is 0 Å². The van der Waals surface area contributed by atoms with E-state index in [2.05, 4.69) is 69.9 Å². The van der Waals surface area contributed by atoms with Gasteiger partial charge >= 0.3 is 0 Å². The molecule has 5 rings (SSSR count). The van der Waals surface area contributed by atoms with E-state index in [0.29, 0.717) is 5.92 Å². The van der Waals surface area contributed by atoms with Crippen molar-refractivity contribution in [1.29, 1.82) is 0 Å². The fourth-order valence-electron chi connectivity index (χ4n) is 5.00. The van der Waals surface area contributed by atoms with E-state index in [1.165, 1.54) is 11.1 Å². The molecule has 6 heteroatoms. The van der Waals surface area contributed by atoms with Crippen molar-refractivity contribution in [2.24, 2.45) is 7.05 Å². The van der Waals surface area contributed by atoms with Crippen LogP contribution in [0.15, 0.2) is 48.5 Å². The maximum absolute atomic E-state index is 6.26. The fourth-order valence-corrected chi connectivity index (χ4v) is 5.00. The second-order valence-electron chi connectivity index (χ2n) is 8.97. The molecular weight excluding hydrogens is 400 g/mol. The molecule has 0 amide bonds. The Morgan fingerprint density at radius 3 is 2.50 bits per heavy atom. The summed E-state index contributed by atoms with van der Waals surface area (Å²) in [4.78, 5) is 9.82.